The van der Waals surface area contributed by atoms with Gasteiger partial charge in [0.2, 0.25) is 0 Å². The van der Waals surface area contributed by atoms with E-state index >= 15 is 0 Å². The van der Waals surface area contributed by atoms with E-state index in [4.69, 9.17) is 5.11 Å². The zero-order valence-electron chi connectivity index (χ0n) is 9.11. The van der Waals surface area contributed by atoms with Crippen molar-refractivity contribution in [2.24, 2.45) is 0 Å². The predicted octanol–water partition coefficient (Wildman–Crippen LogP) is 1.24. The van der Waals surface area contributed by atoms with E-state index in [1.807, 2.05) is 11.4 Å². The molecule has 0 spiro atoms. The van der Waals surface area contributed by atoms with Crippen molar-refractivity contribution in [3.63, 3.8) is 0 Å². The van der Waals surface area contributed by atoms with Crippen molar-refractivity contribution in [3.8, 4) is 0 Å². The summed E-state index contributed by atoms with van der Waals surface area (Å²) in [6, 6.07) is 1.92. The van der Waals surface area contributed by atoms with E-state index in [1.54, 1.807) is 0 Å². The third kappa shape index (κ3) is 2.81. The molecule has 1 fully saturated rings. The molecule has 2 N–H and O–H groups in total. The molecule has 0 saturated carbocycles. The summed E-state index contributed by atoms with van der Waals surface area (Å²) in [6.45, 7) is 4.85. The number of hydrogen-bond acceptors (Lipinski definition) is 4. The first kappa shape index (κ1) is 11.6. The summed E-state index contributed by atoms with van der Waals surface area (Å²) >= 11 is 1.31. The largest absolute Gasteiger partial charge is 0.477 e. The van der Waals surface area contributed by atoms with Gasteiger partial charge in [0.05, 0.1) is 0 Å². The van der Waals surface area contributed by atoms with Gasteiger partial charge in [0, 0.05) is 19.6 Å². The summed E-state index contributed by atoms with van der Waals surface area (Å²) in [7, 11) is 0. The molecule has 2 heterocycles. The van der Waals surface area contributed by atoms with Crippen LogP contribution in [0.1, 0.15) is 21.7 Å². The number of carboxylic acids is 1. The fraction of sp³-hybridized carbons (Fsp3) is 0.545. The zero-order valence-corrected chi connectivity index (χ0v) is 9.92. The maximum atomic E-state index is 11.0. The normalized spacial score (nSPS) is 18.2. The summed E-state index contributed by atoms with van der Waals surface area (Å²) in [5.41, 5.74) is 0.944. The van der Waals surface area contributed by atoms with E-state index in [0.717, 1.165) is 44.7 Å². The molecule has 88 valence electrons. The van der Waals surface area contributed by atoms with Crippen molar-refractivity contribution in [1.82, 2.24) is 10.2 Å². The molecule has 1 aliphatic heterocycles. The SMILES string of the molecule is O=C(O)c1sccc1CN1CCCNCC1. The Morgan fingerprint density at radius 2 is 2.38 bits per heavy atom. The molecule has 1 aromatic heterocycles. The lowest BCUT2D eigenvalue weighted by atomic mass is 10.2. The van der Waals surface area contributed by atoms with Gasteiger partial charge in [-0.1, -0.05) is 0 Å². The van der Waals surface area contributed by atoms with Crippen molar-refractivity contribution >= 4 is 17.3 Å². The summed E-state index contributed by atoms with van der Waals surface area (Å²) in [5, 5.41) is 14.2. The monoisotopic (exact) mass is 240 g/mol. The van der Waals surface area contributed by atoms with Crippen LogP contribution in [0.4, 0.5) is 0 Å². The van der Waals surface area contributed by atoms with E-state index in [-0.39, 0.29) is 0 Å². The van der Waals surface area contributed by atoms with Crippen LogP contribution in [-0.2, 0) is 6.54 Å². The van der Waals surface area contributed by atoms with Crippen LogP contribution in [0.3, 0.4) is 0 Å². The van der Waals surface area contributed by atoms with Gasteiger partial charge in [-0.2, -0.15) is 0 Å². The number of carboxylic acid groups (broad SMARTS) is 1. The molecule has 0 bridgehead atoms. The van der Waals surface area contributed by atoms with Crippen LogP contribution in [0, 0.1) is 0 Å². The second-order valence-electron chi connectivity index (χ2n) is 3.96. The molecule has 0 amide bonds. The number of nitrogens with one attached hydrogen (secondary N) is 1. The standard InChI is InChI=1S/C11H16N2O2S/c14-11(15)10-9(2-7-16-10)8-13-5-1-3-12-4-6-13/h2,7,12H,1,3-6,8H2,(H,14,15). The molecule has 0 aromatic carbocycles. The molecule has 1 aliphatic rings. The van der Waals surface area contributed by atoms with Gasteiger partial charge < -0.3 is 10.4 Å². The average molecular weight is 240 g/mol. The van der Waals surface area contributed by atoms with Gasteiger partial charge in [0.15, 0.2) is 0 Å². The lowest BCUT2D eigenvalue weighted by Crippen LogP contribution is -2.28. The van der Waals surface area contributed by atoms with Crippen molar-refractivity contribution in [2.75, 3.05) is 26.2 Å². The third-order valence-electron chi connectivity index (χ3n) is 2.77. The number of nitrogens with zero attached hydrogens (tertiary/aromatic N) is 1. The van der Waals surface area contributed by atoms with Crippen LogP contribution in [0.15, 0.2) is 11.4 Å². The van der Waals surface area contributed by atoms with Crippen LogP contribution in [0.25, 0.3) is 0 Å². The van der Waals surface area contributed by atoms with E-state index in [2.05, 4.69) is 10.2 Å². The second kappa shape index (κ2) is 5.43. The summed E-state index contributed by atoms with van der Waals surface area (Å²) in [4.78, 5) is 13.8. The number of carbonyl (C=O) groups is 1. The van der Waals surface area contributed by atoms with E-state index in [1.165, 1.54) is 11.3 Å². The minimum atomic E-state index is -0.807. The van der Waals surface area contributed by atoms with Gasteiger partial charge >= 0.3 is 5.97 Å². The molecule has 2 rings (SSSR count). The van der Waals surface area contributed by atoms with Gasteiger partial charge in [-0.3, -0.25) is 4.90 Å². The highest BCUT2D eigenvalue weighted by atomic mass is 32.1. The number of hydrogen-bond donors (Lipinski definition) is 2. The van der Waals surface area contributed by atoms with Crippen LogP contribution in [0.5, 0.6) is 0 Å². The van der Waals surface area contributed by atoms with Crippen molar-refractivity contribution in [2.45, 2.75) is 13.0 Å². The summed E-state index contributed by atoms with van der Waals surface area (Å²) in [6.07, 6.45) is 1.13. The van der Waals surface area contributed by atoms with Gasteiger partial charge in [-0.15, -0.1) is 11.3 Å². The molecule has 0 atom stereocenters. The lowest BCUT2D eigenvalue weighted by Gasteiger charge is -2.18. The lowest BCUT2D eigenvalue weighted by molar-refractivity contribution is 0.0700. The van der Waals surface area contributed by atoms with Crippen molar-refractivity contribution < 1.29 is 9.90 Å². The molecule has 1 saturated heterocycles. The highest BCUT2D eigenvalue weighted by molar-refractivity contribution is 7.12. The molecule has 16 heavy (non-hydrogen) atoms. The Balaban J connectivity index is 2.01. The molecule has 0 aliphatic carbocycles. The molecule has 5 heteroatoms. The van der Waals surface area contributed by atoms with Crippen molar-refractivity contribution in [1.29, 1.82) is 0 Å². The molecule has 0 unspecified atom stereocenters. The number of aromatic carboxylic acids is 1. The smallest absolute Gasteiger partial charge is 0.346 e. The fourth-order valence-electron chi connectivity index (χ4n) is 1.95. The minimum absolute atomic E-state index is 0.484. The highest BCUT2D eigenvalue weighted by Crippen LogP contribution is 2.18. The average Bonchev–Trinajstić information content (AvgIpc) is 2.55. The maximum Gasteiger partial charge on any atom is 0.346 e. The Hall–Kier alpha value is -0.910. The van der Waals surface area contributed by atoms with Crippen LogP contribution in [-0.4, -0.2) is 42.2 Å². The van der Waals surface area contributed by atoms with Gasteiger partial charge in [0.25, 0.3) is 0 Å². The number of thiophene rings is 1. The van der Waals surface area contributed by atoms with Gasteiger partial charge in [-0.25, -0.2) is 4.79 Å². The third-order valence-corrected chi connectivity index (χ3v) is 3.71. The van der Waals surface area contributed by atoms with E-state index in [0.29, 0.717) is 4.88 Å². The fourth-order valence-corrected chi connectivity index (χ4v) is 2.70. The van der Waals surface area contributed by atoms with Crippen LogP contribution in [0.2, 0.25) is 0 Å². The predicted molar refractivity (Wildman–Crippen MR) is 64.0 cm³/mol. The molecular formula is C11H16N2O2S. The van der Waals surface area contributed by atoms with Crippen LogP contribution < -0.4 is 5.32 Å². The first-order chi connectivity index (χ1) is 7.77. The second-order valence-corrected chi connectivity index (χ2v) is 4.88. The van der Waals surface area contributed by atoms with Gasteiger partial charge in [-0.05, 0) is 36.5 Å². The zero-order chi connectivity index (χ0) is 11.4. The van der Waals surface area contributed by atoms with E-state index < -0.39 is 5.97 Å². The highest BCUT2D eigenvalue weighted by Gasteiger charge is 2.15. The Kier molecular flexibility index (Phi) is 3.93. The molecule has 4 nitrogen and oxygen atoms in total. The molecule has 0 radical (unpaired) electrons. The first-order valence-electron chi connectivity index (χ1n) is 5.50. The maximum absolute atomic E-state index is 11.0. The minimum Gasteiger partial charge on any atom is -0.477 e. The van der Waals surface area contributed by atoms with Gasteiger partial charge in [0.1, 0.15) is 4.88 Å². The quantitative estimate of drug-likeness (QED) is 0.834. The Morgan fingerprint density at radius 3 is 3.19 bits per heavy atom. The number of rotatable bonds is 3. The summed E-state index contributed by atoms with van der Waals surface area (Å²) < 4.78 is 0. The summed E-state index contributed by atoms with van der Waals surface area (Å²) in [5.74, 6) is -0.807. The Labute approximate surface area is 98.9 Å². The molecular weight excluding hydrogens is 224 g/mol. The topological polar surface area (TPSA) is 52.6 Å². The van der Waals surface area contributed by atoms with Crippen molar-refractivity contribution in [3.05, 3.63) is 21.9 Å². The molecule has 1 aromatic rings. The van der Waals surface area contributed by atoms with Crippen LogP contribution >= 0.6 is 11.3 Å². The Morgan fingerprint density at radius 1 is 1.50 bits per heavy atom. The Bertz CT molecular complexity index is 357. The first-order valence-corrected chi connectivity index (χ1v) is 6.38. The van der Waals surface area contributed by atoms with E-state index in [9.17, 15) is 4.79 Å².